The molecule has 1 aromatic carbocycles. The van der Waals surface area contributed by atoms with Gasteiger partial charge in [0.25, 0.3) is 5.91 Å². The van der Waals surface area contributed by atoms with Crippen LogP contribution in [-0.4, -0.2) is 43.1 Å². The average Bonchev–Trinajstić information content (AvgIpc) is 3.56. The van der Waals surface area contributed by atoms with Crippen molar-refractivity contribution in [3.63, 3.8) is 0 Å². The molecule has 1 N–H and O–H groups in total. The van der Waals surface area contributed by atoms with Crippen LogP contribution in [0.25, 0.3) is 22.4 Å². The minimum absolute atomic E-state index is 0.143. The summed E-state index contributed by atoms with van der Waals surface area (Å²) in [6, 6.07) is 9.54. The van der Waals surface area contributed by atoms with Crippen LogP contribution in [0, 0.1) is 10.1 Å². The maximum atomic E-state index is 13.8. The van der Waals surface area contributed by atoms with E-state index >= 15 is 0 Å². The maximum absolute atomic E-state index is 13.8. The first-order valence-electron chi connectivity index (χ1n) is 12.2. The summed E-state index contributed by atoms with van der Waals surface area (Å²) in [5.74, 6) is -2.09. The van der Waals surface area contributed by atoms with E-state index in [1.807, 2.05) is 6.92 Å². The molecule has 0 unspecified atom stereocenters. The van der Waals surface area contributed by atoms with Crippen LogP contribution < -0.4 is 10.1 Å². The number of ether oxygens (including phenoxy) is 1. The number of nitrogens with one attached hydrogen (secondary N) is 1. The van der Waals surface area contributed by atoms with E-state index in [1.54, 1.807) is 28.9 Å². The van der Waals surface area contributed by atoms with Crippen molar-refractivity contribution in [2.75, 3.05) is 11.9 Å². The van der Waals surface area contributed by atoms with Crippen LogP contribution in [0.15, 0.2) is 42.6 Å². The van der Waals surface area contributed by atoms with Crippen molar-refractivity contribution >= 4 is 39.1 Å². The van der Waals surface area contributed by atoms with Gasteiger partial charge in [0, 0.05) is 24.5 Å². The fourth-order valence-corrected chi connectivity index (χ4v) is 5.04. The van der Waals surface area contributed by atoms with Crippen LogP contribution in [0.4, 0.5) is 19.6 Å². The van der Waals surface area contributed by atoms with Crippen molar-refractivity contribution in [1.29, 1.82) is 0 Å². The van der Waals surface area contributed by atoms with Crippen LogP contribution in [0.2, 0.25) is 0 Å². The van der Waals surface area contributed by atoms with Crippen LogP contribution >= 0.6 is 11.3 Å². The van der Waals surface area contributed by atoms with E-state index in [1.165, 1.54) is 18.3 Å². The predicted molar refractivity (Wildman–Crippen MR) is 138 cm³/mol. The summed E-state index contributed by atoms with van der Waals surface area (Å²) in [4.78, 5) is 32.8. The number of aromatic nitrogens is 4. The smallest absolute Gasteiger partial charge is 0.324 e. The lowest BCUT2D eigenvalue weighted by atomic mass is 9.92. The van der Waals surface area contributed by atoms with Gasteiger partial charge in [-0.2, -0.15) is 5.10 Å². The Bertz CT molecular complexity index is 1480. The maximum Gasteiger partial charge on any atom is 0.324 e. The number of fused-ring (bicyclic) bond motifs is 1. The summed E-state index contributed by atoms with van der Waals surface area (Å²) in [7, 11) is 0. The number of amides is 1. The molecule has 0 atom stereocenters. The van der Waals surface area contributed by atoms with E-state index in [0.717, 1.165) is 17.8 Å². The van der Waals surface area contributed by atoms with Crippen LogP contribution in [0.5, 0.6) is 5.75 Å². The lowest BCUT2D eigenvalue weighted by Crippen LogP contribution is -2.27. The SMILES string of the molecule is CCCOc1ccc(-c2nc(NC(=O)c3ccc([N+](=O)[O-])s3)c3cnn(C4CCC(F)(F)CC4)c3n2)cc1. The standard InChI is InChI=1S/C25H24F2N6O4S/c1-2-13-37-17-5-3-15(4-6-17)21-29-22(31-24(34)19-7-8-20(38-19)33(35)36)18-14-28-32(23(18)30-21)16-9-11-25(26,27)12-10-16/h3-8,14,16H,2,9-13H2,1H3,(H,29,30,31,34). The number of anilines is 1. The third-order valence-electron chi connectivity index (χ3n) is 6.30. The van der Waals surface area contributed by atoms with Gasteiger partial charge in [-0.3, -0.25) is 14.9 Å². The van der Waals surface area contributed by atoms with Crippen molar-refractivity contribution in [2.24, 2.45) is 0 Å². The zero-order chi connectivity index (χ0) is 26.9. The Labute approximate surface area is 219 Å². The molecule has 3 aromatic heterocycles. The Morgan fingerprint density at radius 3 is 2.61 bits per heavy atom. The van der Waals surface area contributed by atoms with Gasteiger partial charge in [-0.05, 0) is 49.6 Å². The molecule has 1 amide bonds. The van der Waals surface area contributed by atoms with E-state index in [9.17, 15) is 23.7 Å². The monoisotopic (exact) mass is 542 g/mol. The summed E-state index contributed by atoms with van der Waals surface area (Å²) in [5, 5.41) is 18.5. The highest BCUT2D eigenvalue weighted by molar-refractivity contribution is 7.17. The molecule has 38 heavy (non-hydrogen) atoms. The first-order chi connectivity index (χ1) is 18.2. The predicted octanol–water partition coefficient (Wildman–Crippen LogP) is 6.25. The lowest BCUT2D eigenvalue weighted by Gasteiger charge is -2.28. The van der Waals surface area contributed by atoms with Crippen molar-refractivity contribution in [3.05, 3.63) is 57.6 Å². The number of rotatable bonds is 8. The number of thiophene rings is 1. The summed E-state index contributed by atoms with van der Waals surface area (Å²) in [6.45, 7) is 2.59. The number of halogens is 2. The number of carbonyl (C=O) groups excluding carboxylic acids is 1. The summed E-state index contributed by atoms with van der Waals surface area (Å²) < 4.78 is 34.9. The molecular weight excluding hydrogens is 518 g/mol. The van der Waals surface area contributed by atoms with Gasteiger partial charge in [0.05, 0.1) is 34.0 Å². The second-order valence-corrected chi connectivity index (χ2v) is 10.1. The van der Waals surface area contributed by atoms with E-state index in [0.29, 0.717) is 34.8 Å². The normalized spacial score (nSPS) is 15.4. The second-order valence-electron chi connectivity index (χ2n) is 9.03. The van der Waals surface area contributed by atoms with Gasteiger partial charge in [0.2, 0.25) is 5.92 Å². The minimum Gasteiger partial charge on any atom is -0.494 e. The number of nitro groups is 1. The van der Waals surface area contributed by atoms with Crippen molar-refractivity contribution in [1.82, 2.24) is 19.7 Å². The molecule has 5 rings (SSSR count). The molecule has 1 aliphatic carbocycles. The first kappa shape index (κ1) is 25.6. The third kappa shape index (κ3) is 5.32. The topological polar surface area (TPSA) is 125 Å². The number of benzene rings is 1. The van der Waals surface area contributed by atoms with Crippen molar-refractivity contribution in [3.8, 4) is 17.1 Å². The quantitative estimate of drug-likeness (QED) is 0.206. The van der Waals surface area contributed by atoms with E-state index < -0.39 is 16.8 Å². The van der Waals surface area contributed by atoms with Crippen molar-refractivity contribution in [2.45, 2.75) is 51.0 Å². The van der Waals surface area contributed by atoms with Gasteiger partial charge < -0.3 is 10.1 Å². The van der Waals surface area contributed by atoms with E-state index in [-0.39, 0.29) is 47.4 Å². The summed E-state index contributed by atoms with van der Waals surface area (Å²) >= 11 is 0.750. The highest BCUT2D eigenvalue weighted by atomic mass is 32.1. The number of hydrogen-bond donors (Lipinski definition) is 1. The molecule has 0 aliphatic heterocycles. The molecule has 1 fully saturated rings. The van der Waals surface area contributed by atoms with Gasteiger partial charge in [-0.1, -0.05) is 18.3 Å². The van der Waals surface area contributed by atoms with Crippen LogP contribution in [0.3, 0.4) is 0 Å². The zero-order valence-corrected chi connectivity index (χ0v) is 21.2. The third-order valence-corrected chi connectivity index (χ3v) is 7.33. The fraction of sp³-hybridized carbons (Fsp3) is 0.360. The Morgan fingerprint density at radius 2 is 1.95 bits per heavy atom. The lowest BCUT2D eigenvalue weighted by molar-refractivity contribution is -0.380. The van der Waals surface area contributed by atoms with Gasteiger partial charge in [0.1, 0.15) is 11.6 Å². The fourth-order valence-electron chi connectivity index (χ4n) is 4.32. The molecule has 0 bridgehead atoms. The van der Waals surface area contributed by atoms with Gasteiger partial charge in [-0.15, -0.1) is 0 Å². The molecule has 1 aliphatic rings. The molecule has 0 saturated heterocycles. The van der Waals surface area contributed by atoms with Crippen LogP contribution in [0.1, 0.15) is 54.7 Å². The van der Waals surface area contributed by atoms with E-state index in [4.69, 9.17) is 9.72 Å². The molecule has 0 radical (unpaired) electrons. The zero-order valence-electron chi connectivity index (χ0n) is 20.4. The number of nitrogens with zero attached hydrogens (tertiary/aromatic N) is 5. The molecule has 0 spiro atoms. The van der Waals surface area contributed by atoms with Crippen LogP contribution in [-0.2, 0) is 0 Å². The number of carbonyl (C=O) groups is 1. The van der Waals surface area contributed by atoms with Crippen molar-refractivity contribution < 1.29 is 23.2 Å². The molecule has 4 aromatic rings. The molecule has 13 heteroatoms. The molecular formula is C25H24F2N6O4S. The average molecular weight is 543 g/mol. The molecule has 3 heterocycles. The van der Waals surface area contributed by atoms with Gasteiger partial charge >= 0.3 is 5.00 Å². The largest absolute Gasteiger partial charge is 0.494 e. The Hall–Kier alpha value is -4.00. The number of alkyl halides is 2. The molecule has 1 saturated carbocycles. The second kappa shape index (κ2) is 10.4. The molecule has 198 valence electrons. The summed E-state index contributed by atoms with van der Waals surface area (Å²) in [5.41, 5.74) is 1.06. The number of hydrogen-bond acceptors (Lipinski definition) is 8. The Morgan fingerprint density at radius 1 is 1.21 bits per heavy atom. The van der Waals surface area contributed by atoms with E-state index in [2.05, 4.69) is 15.4 Å². The van der Waals surface area contributed by atoms with Gasteiger partial charge in [-0.25, -0.2) is 23.4 Å². The summed E-state index contributed by atoms with van der Waals surface area (Å²) in [6.07, 6.45) is 2.38. The van der Waals surface area contributed by atoms with Gasteiger partial charge in [0.15, 0.2) is 11.5 Å². The highest BCUT2D eigenvalue weighted by Gasteiger charge is 2.36. The highest BCUT2D eigenvalue weighted by Crippen LogP contribution is 2.40. The Kier molecular flexibility index (Phi) is 7.02. The first-order valence-corrected chi connectivity index (χ1v) is 13.0. The Balaban J connectivity index is 1.53. The molecule has 10 nitrogen and oxygen atoms in total. The minimum atomic E-state index is -2.69.